The number of unbranched alkanes of at least 4 members (excludes halogenated alkanes) is 5. The lowest BCUT2D eigenvalue weighted by molar-refractivity contribution is 0.161. The number of hydrogen-bond donors (Lipinski definition) is 1. The molecule has 0 saturated heterocycles. The maximum atomic E-state index is 9.95. The van der Waals surface area contributed by atoms with Crippen molar-refractivity contribution in [2.75, 3.05) is 0 Å². The first kappa shape index (κ1) is 15.5. The number of pyridine rings is 1. The molecule has 1 rings (SSSR count). The van der Waals surface area contributed by atoms with E-state index in [9.17, 15) is 5.11 Å². The van der Waals surface area contributed by atoms with Crippen LogP contribution in [0.4, 0.5) is 0 Å². The topological polar surface area (TPSA) is 33.1 Å². The highest BCUT2D eigenvalue weighted by Crippen LogP contribution is 2.17. The summed E-state index contributed by atoms with van der Waals surface area (Å²) in [7, 11) is 0. The molecule has 1 atom stereocenters. The van der Waals surface area contributed by atoms with Crippen LogP contribution in [0.25, 0.3) is 0 Å². The van der Waals surface area contributed by atoms with Crippen molar-refractivity contribution in [3.63, 3.8) is 0 Å². The summed E-state index contributed by atoms with van der Waals surface area (Å²) in [5.74, 6) is 0. The van der Waals surface area contributed by atoms with Gasteiger partial charge < -0.3 is 5.11 Å². The van der Waals surface area contributed by atoms with Gasteiger partial charge in [-0.1, -0.05) is 57.0 Å². The molecule has 0 spiro atoms. The number of rotatable bonds is 9. The van der Waals surface area contributed by atoms with E-state index in [1.807, 2.05) is 6.07 Å². The predicted molar refractivity (Wildman–Crippen MR) is 77.0 cm³/mol. The van der Waals surface area contributed by atoms with Gasteiger partial charge in [0.2, 0.25) is 0 Å². The number of halogens is 1. The number of hydrogen-bond acceptors (Lipinski definition) is 2. The fraction of sp³-hybridized carbons (Fsp3) is 0.667. The minimum Gasteiger partial charge on any atom is -0.393 e. The van der Waals surface area contributed by atoms with Crippen molar-refractivity contribution in [3.8, 4) is 0 Å². The quantitative estimate of drug-likeness (QED) is 0.675. The Balaban J connectivity index is 2.14. The summed E-state index contributed by atoms with van der Waals surface area (Å²) < 4.78 is 0. The van der Waals surface area contributed by atoms with Gasteiger partial charge in [0.05, 0.1) is 11.1 Å². The van der Waals surface area contributed by atoms with Gasteiger partial charge >= 0.3 is 0 Å². The maximum absolute atomic E-state index is 9.95. The summed E-state index contributed by atoms with van der Waals surface area (Å²) >= 11 is 6.01. The van der Waals surface area contributed by atoms with Crippen LogP contribution in [0.5, 0.6) is 0 Å². The Morgan fingerprint density at radius 2 is 1.94 bits per heavy atom. The number of nitrogens with zero attached hydrogens (tertiary/aromatic N) is 1. The summed E-state index contributed by atoms with van der Waals surface area (Å²) in [5.41, 5.74) is 0.991. The molecule has 2 nitrogen and oxygen atoms in total. The number of aliphatic hydroxyl groups is 1. The van der Waals surface area contributed by atoms with E-state index in [0.717, 1.165) is 18.4 Å². The Kier molecular flexibility index (Phi) is 8.03. The van der Waals surface area contributed by atoms with E-state index >= 15 is 0 Å². The molecular formula is C15H24ClNO. The zero-order valence-corrected chi connectivity index (χ0v) is 12.0. The second kappa shape index (κ2) is 9.35. The van der Waals surface area contributed by atoms with Gasteiger partial charge in [0, 0.05) is 12.4 Å². The molecule has 0 fully saturated rings. The minimum absolute atomic E-state index is 0.281. The predicted octanol–water partition coefficient (Wildman–Crippen LogP) is 4.39. The zero-order chi connectivity index (χ0) is 13.2. The van der Waals surface area contributed by atoms with Crippen molar-refractivity contribution in [1.82, 2.24) is 4.98 Å². The van der Waals surface area contributed by atoms with E-state index in [2.05, 4.69) is 11.9 Å². The average Bonchev–Trinajstić information content (AvgIpc) is 2.36. The minimum atomic E-state index is -0.281. The molecule has 0 aromatic carbocycles. The van der Waals surface area contributed by atoms with E-state index in [1.54, 1.807) is 12.4 Å². The highest BCUT2D eigenvalue weighted by atomic mass is 35.5. The second-order valence-electron chi connectivity index (χ2n) is 4.88. The third-order valence-electron chi connectivity index (χ3n) is 3.20. The molecule has 18 heavy (non-hydrogen) atoms. The van der Waals surface area contributed by atoms with E-state index < -0.39 is 0 Å². The van der Waals surface area contributed by atoms with Gasteiger partial charge in [-0.25, -0.2) is 0 Å². The number of aliphatic hydroxyl groups excluding tert-OH is 1. The van der Waals surface area contributed by atoms with Gasteiger partial charge in [-0.3, -0.25) is 4.98 Å². The van der Waals surface area contributed by atoms with Gasteiger partial charge in [0.25, 0.3) is 0 Å². The molecular weight excluding hydrogens is 246 g/mol. The molecule has 0 aliphatic carbocycles. The third-order valence-corrected chi connectivity index (χ3v) is 3.54. The highest BCUT2D eigenvalue weighted by Gasteiger charge is 2.08. The Morgan fingerprint density at radius 3 is 2.67 bits per heavy atom. The lowest BCUT2D eigenvalue weighted by Gasteiger charge is -2.11. The first-order valence-corrected chi connectivity index (χ1v) is 7.38. The summed E-state index contributed by atoms with van der Waals surface area (Å²) in [6, 6.07) is 1.88. The Bertz CT molecular complexity index is 330. The third kappa shape index (κ3) is 6.36. The van der Waals surface area contributed by atoms with Crippen molar-refractivity contribution in [1.29, 1.82) is 0 Å². The van der Waals surface area contributed by atoms with Gasteiger partial charge in [-0.15, -0.1) is 0 Å². The Morgan fingerprint density at radius 1 is 1.22 bits per heavy atom. The van der Waals surface area contributed by atoms with Crippen LogP contribution in [-0.4, -0.2) is 16.2 Å². The molecule has 1 aromatic heterocycles. The number of aromatic nitrogens is 1. The van der Waals surface area contributed by atoms with Crippen LogP contribution in [0.2, 0.25) is 5.02 Å². The normalized spacial score (nSPS) is 12.6. The van der Waals surface area contributed by atoms with Gasteiger partial charge in [-0.2, -0.15) is 0 Å². The molecule has 0 aliphatic rings. The molecule has 0 radical (unpaired) electrons. The second-order valence-corrected chi connectivity index (χ2v) is 5.29. The van der Waals surface area contributed by atoms with Gasteiger partial charge in [0.1, 0.15) is 0 Å². The SMILES string of the molecule is CCCCCCCCC(O)Cc1ccncc1Cl. The average molecular weight is 270 g/mol. The first-order valence-electron chi connectivity index (χ1n) is 7.00. The molecule has 0 amide bonds. The molecule has 1 aromatic rings. The largest absolute Gasteiger partial charge is 0.393 e. The molecule has 3 heteroatoms. The van der Waals surface area contributed by atoms with Crippen LogP contribution in [-0.2, 0) is 6.42 Å². The molecule has 0 saturated carbocycles. The van der Waals surface area contributed by atoms with E-state index in [4.69, 9.17) is 11.6 Å². The van der Waals surface area contributed by atoms with E-state index in [0.29, 0.717) is 11.4 Å². The first-order chi connectivity index (χ1) is 8.74. The van der Waals surface area contributed by atoms with Crippen LogP contribution in [0.15, 0.2) is 18.5 Å². The van der Waals surface area contributed by atoms with Crippen LogP contribution in [0, 0.1) is 0 Å². The Labute approximate surface area is 115 Å². The zero-order valence-electron chi connectivity index (χ0n) is 11.2. The highest BCUT2D eigenvalue weighted by molar-refractivity contribution is 6.31. The van der Waals surface area contributed by atoms with Gasteiger partial charge in [-0.05, 0) is 24.5 Å². The molecule has 0 bridgehead atoms. The summed E-state index contributed by atoms with van der Waals surface area (Å²) in [4.78, 5) is 3.94. The summed E-state index contributed by atoms with van der Waals surface area (Å²) in [6.07, 6.45) is 12.1. The molecule has 102 valence electrons. The van der Waals surface area contributed by atoms with Crippen LogP contribution >= 0.6 is 11.6 Å². The monoisotopic (exact) mass is 269 g/mol. The Hall–Kier alpha value is -0.600. The van der Waals surface area contributed by atoms with Crippen molar-refractivity contribution in [2.45, 2.75) is 64.4 Å². The van der Waals surface area contributed by atoms with Crippen molar-refractivity contribution >= 4 is 11.6 Å². The maximum Gasteiger partial charge on any atom is 0.0622 e. The molecule has 1 N–H and O–H groups in total. The van der Waals surface area contributed by atoms with Crippen molar-refractivity contribution in [2.24, 2.45) is 0 Å². The lowest BCUT2D eigenvalue weighted by atomic mass is 10.0. The standard InChI is InChI=1S/C15H24ClNO/c1-2-3-4-5-6-7-8-14(18)11-13-9-10-17-12-15(13)16/h9-10,12,14,18H,2-8,11H2,1H3. The summed E-state index contributed by atoms with van der Waals surface area (Å²) in [5, 5.41) is 10.6. The van der Waals surface area contributed by atoms with Crippen molar-refractivity contribution < 1.29 is 5.11 Å². The fourth-order valence-electron chi connectivity index (χ4n) is 2.09. The van der Waals surface area contributed by atoms with E-state index in [1.165, 1.54) is 32.1 Å². The van der Waals surface area contributed by atoms with E-state index in [-0.39, 0.29) is 6.10 Å². The fourth-order valence-corrected chi connectivity index (χ4v) is 2.28. The molecule has 0 aliphatic heterocycles. The smallest absolute Gasteiger partial charge is 0.0622 e. The van der Waals surface area contributed by atoms with Crippen LogP contribution in [0.3, 0.4) is 0 Å². The van der Waals surface area contributed by atoms with Gasteiger partial charge in [0.15, 0.2) is 0 Å². The summed E-state index contributed by atoms with van der Waals surface area (Å²) in [6.45, 7) is 2.22. The van der Waals surface area contributed by atoms with Crippen molar-refractivity contribution in [3.05, 3.63) is 29.0 Å². The lowest BCUT2D eigenvalue weighted by Crippen LogP contribution is -2.10. The van der Waals surface area contributed by atoms with Crippen LogP contribution in [0.1, 0.15) is 57.4 Å². The molecule has 1 heterocycles. The van der Waals surface area contributed by atoms with Crippen LogP contribution < -0.4 is 0 Å². The molecule has 1 unspecified atom stereocenters.